The Morgan fingerprint density at radius 3 is 2.60 bits per heavy atom. The molecule has 15 heavy (non-hydrogen) atoms. The molecule has 0 aromatic heterocycles. The average molecular weight is 246 g/mol. The maximum absolute atomic E-state index is 9.58. The molecule has 4 heteroatoms. The van der Waals surface area contributed by atoms with E-state index in [2.05, 4.69) is 29.6 Å². The Hall–Kier alpha value is -0.220. The summed E-state index contributed by atoms with van der Waals surface area (Å²) in [5, 5.41) is 13.1. The molecular formula is C11H16ClNOS. The van der Waals surface area contributed by atoms with Gasteiger partial charge >= 0.3 is 0 Å². The van der Waals surface area contributed by atoms with E-state index in [1.54, 1.807) is 0 Å². The van der Waals surface area contributed by atoms with Crippen LogP contribution in [0.15, 0.2) is 30.3 Å². The molecule has 1 aromatic carbocycles. The number of nitrogens with one attached hydrogen (secondary N) is 1. The highest BCUT2D eigenvalue weighted by Crippen LogP contribution is 2.22. The molecule has 1 aliphatic rings. The van der Waals surface area contributed by atoms with Crippen LogP contribution >= 0.6 is 24.2 Å². The monoisotopic (exact) mass is 245 g/mol. The van der Waals surface area contributed by atoms with Crippen LogP contribution in [0.1, 0.15) is 5.56 Å². The maximum Gasteiger partial charge on any atom is 0.0795 e. The summed E-state index contributed by atoms with van der Waals surface area (Å²) in [5.41, 5.74) is 1.33. The van der Waals surface area contributed by atoms with Crippen LogP contribution in [-0.2, 0) is 5.75 Å². The largest absolute Gasteiger partial charge is 0.391 e. The van der Waals surface area contributed by atoms with E-state index in [1.165, 1.54) is 5.56 Å². The van der Waals surface area contributed by atoms with Crippen molar-refractivity contribution in [3.05, 3.63) is 35.9 Å². The fourth-order valence-electron chi connectivity index (χ4n) is 1.59. The van der Waals surface area contributed by atoms with E-state index in [1.807, 2.05) is 17.8 Å². The first-order valence-corrected chi connectivity index (χ1v) is 5.95. The second kappa shape index (κ2) is 6.38. The maximum atomic E-state index is 9.58. The third-order valence-electron chi connectivity index (χ3n) is 2.44. The Labute approximate surface area is 101 Å². The van der Waals surface area contributed by atoms with E-state index >= 15 is 0 Å². The van der Waals surface area contributed by atoms with Crippen LogP contribution in [-0.4, -0.2) is 29.5 Å². The number of hydrogen-bond donors (Lipinski definition) is 2. The lowest BCUT2D eigenvalue weighted by Crippen LogP contribution is -2.20. The van der Waals surface area contributed by atoms with Gasteiger partial charge in [-0.15, -0.1) is 24.2 Å². The van der Waals surface area contributed by atoms with Crippen molar-refractivity contribution in [2.24, 2.45) is 0 Å². The van der Waals surface area contributed by atoms with E-state index in [4.69, 9.17) is 0 Å². The summed E-state index contributed by atoms with van der Waals surface area (Å²) in [5.74, 6) is 0.990. The minimum atomic E-state index is -0.177. The predicted molar refractivity (Wildman–Crippen MR) is 67.6 cm³/mol. The molecule has 1 saturated heterocycles. The van der Waals surface area contributed by atoms with Gasteiger partial charge in [-0.1, -0.05) is 30.3 Å². The van der Waals surface area contributed by atoms with Crippen LogP contribution in [0.3, 0.4) is 0 Å². The summed E-state index contributed by atoms with van der Waals surface area (Å²) in [7, 11) is 0. The number of rotatable bonds is 3. The minimum absolute atomic E-state index is 0. The van der Waals surface area contributed by atoms with Gasteiger partial charge in [0.25, 0.3) is 0 Å². The van der Waals surface area contributed by atoms with Gasteiger partial charge in [-0.25, -0.2) is 0 Å². The van der Waals surface area contributed by atoms with Crippen LogP contribution in [0, 0.1) is 0 Å². The molecule has 2 nitrogen and oxygen atoms in total. The van der Waals surface area contributed by atoms with Crippen LogP contribution in [0.5, 0.6) is 0 Å². The van der Waals surface area contributed by atoms with Crippen molar-refractivity contribution in [2.75, 3.05) is 13.1 Å². The topological polar surface area (TPSA) is 32.3 Å². The molecule has 84 valence electrons. The van der Waals surface area contributed by atoms with Gasteiger partial charge in [0.15, 0.2) is 0 Å². The Morgan fingerprint density at radius 1 is 1.27 bits per heavy atom. The molecule has 2 N–H and O–H groups in total. The lowest BCUT2D eigenvalue weighted by molar-refractivity contribution is 0.201. The van der Waals surface area contributed by atoms with Crippen molar-refractivity contribution in [3.63, 3.8) is 0 Å². The normalized spacial score (nSPS) is 24.9. The van der Waals surface area contributed by atoms with Gasteiger partial charge in [0.05, 0.1) is 6.10 Å². The first-order chi connectivity index (χ1) is 6.86. The Morgan fingerprint density at radius 2 is 2.00 bits per heavy atom. The molecule has 1 aliphatic heterocycles. The van der Waals surface area contributed by atoms with Crippen LogP contribution in [0.25, 0.3) is 0 Å². The molecule has 0 amide bonds. The van der Waals surface area contributed by atoms with Crippen molar-refractivity contribution >= 4 is 24.2 Å². The van der Waals surface area contributed by atoms with E-state index in [0.717, 1.165) is 18.8 Å². The zero-order chi connectivity index (χ0) is 9.80. The van der Waals surface area contributed by atoms with Crippen molar-refractivity contribution in [2.45, 2.75) is 17.1 Å². The smallest absolute Gasteiger partial charge is 0.0795 e. The third kappa shape index (κ3) is 3.68. The highest BCUT2D eigenvalue weighted by Gasteiger charge is 2.24. The first-order valence-electron chi connectivity index (χ1n) is 4.90. The molecular weight excluding hydrogens is 230 g/mol. The molecule has 1 fully saturated rings. The number of thioether (sulfide) groups is 1. The van der Waals surface area contributed by atoms with E-state index in [-0.39, 0.29) is 18.5 Å². The van der Waals surface area contributed by atoms with Crippen molar-refractivity contribution < 1.29 is 5.11 Å². The number of benzene rings is 1. The summed E-state index contributed by atoms with van der Waals surface area (Å²) >= 11 is 1.83. The molecule has 0 saturated carbocycles. The van der Waals surface area contributed by atoms with E-state index < -0.39 is 0 Å². The zero-order valence-electron chi connectivity index (χ0n) is 8.43. The summed E-state index contributed by atoms with van der Waals surface area (Å²) in [4.78, 5) is 0. The lowest BCUT2D eigenvalue weighted by atomic mass is 10.2. The number of halogens is 1. The second-order valence-corrected chi connectivity index (χ2v) is 4.79. The highest BCUT2D eigenvalue weighted by molar-refractivity contribution is 7.99. The molecule has 2 unspecified atom stereocenters. The van der Waals surface area contributed by atoms with Gasteiger partial charge in [0, 0.05) is 24.1 Å². The van der Waals surface area contributed by atoms with Gasteiger partial charge in [0.1, 0.15) is 0 Å². The van der Waals surface area contributed by atoms with Gasteiger partial charge in [0.2, 0.25) is 0 Å². The molecule has 0 spiro atoms. The molecule has 2 atom stereocenters. The summed E-state index contributed by atoms with van der Waals surface area (Å²) in [6.45, 7) is 1.67. The quantitative estimate of drug-likeness (QED) is 0.850. The SMILES string of the molecule is Cl.OC1CNCC1SCc1ccccc1. The molecule has 1 heterocycles. The Kier molecular flexibility index (Phi) is 5.47. The van der Waals surface area contributed by atoms with Crippen molar-refractivity contribution in [3.8, 4) is 0 Å². The minimum Gasteiger partial charge on any atom is -0.391 e. The Balaban J connectivity index is 0.00000112. The number of hydrogen-bond acceptors (Lipinski definition) is 3. The van der Waals surface area contributed by atoms with Crippen molar-refractivity contribution in [1.82, 2.24) is 5.32 Å². The fraction of sp³-hybridized carbons (Fsp3) is 0.455. The number of aliphatic hydroxyl groups is 1. The Bertz CT molecular complexity index is 283. The standard InChI is InChI=1S/C11H15NOS.ClH/c13-10-6-12-7-11(10)14-8-9-4-2-1-3-5-9;/h1-5,10-13H,6-8H2;1H. The second-order valence-electron chi connectivity index (χ2n) is 3.56. The molecule has 1 aromatic rings. The summed E-state index contributed by atoms with van der Waals surface area (Å²) < 4.78 is 0. The zero-order valence-corrected chi connectivity index (χ0v) is 10.1. The number of β-amino-alcohol motifs (C(OH)–C–C–N with tert-alkyl or cyclic N) is 1. The first kappa shape index (κ1) is 12.8. The van der Waals surface area contributed by atoms with E-state index in [9.17, 15) is 5.11 Å². The van der Waals surface area contributed by atoms with Gasteiger partial charge in [-0.05, 0) is 5.56 Å². The molecule has 2 rings (SSSR count). The summed E-state index contributed by atoms with van der Waals surface area (Å²) in [6.07, 6.45) is -0.177. The molecule has 0 radical (unpaired) electrons. The molecule has 0 aliphatic carbocycles. The van der Waals surface area contributed by atoms with Crippen LogP contribution in [0.4, 0.5) is 0 Å². The van der Waals surface area contributed by atoms with E-state index in [0.29, 0.717) is 5.25 Å². The highest BCUT2D eigenvalue weighted by atomic mass is 35.5. The fourth-order valence-corrected chi connectivity index (χ4v) is 2.74. The number of aliphatic hydroxyl groups excluding tert-OH is 1. The summed E-state index contributed by atoms with van der Waals surface area (Å²) in [6, 6.07) is 10.4. The lowest BCUT2D eigenvalue weighted by Gasteiger charge is -2.12. The van der Waals surface area contributed by atoms with Crippen molar-refractivity contribution in [1.29, 1.82) is 0 Å². The third-order valence-corrected chi connectivity index (χ3v) is 3.84. The molecule has 0 bridgehead atoms. The predicted octanol–water partition coefficient (Wildman–Crippen LogP) is 1.67. The van der Waals surface area contributed by atoms with Gasteiger partial charge < -0.3 is 10.4 Å². The van der Waals surface area contributed by atoms with Crippen LogP contribution < -0.4 is 5.32 Å². The van der Waals surface area contributed by atoms with Gasteiger partial charge in [-0.3, -0.25) is 0 Å². The average Bonchev–Trinajstić information content (AvgIpc) is 2.63. The van der Waals surface area contributed by atoms with Gasteiger partial charge in [-0.2, -0.15) is 0 Å². The van der Waals surface area contributed by atoms with Crippen LogP contribution in [0.2, 0.25) is 0 Å².